The molecule has 0 spiro atoms. The van der Waals surface area contributed by atoms with Gasteiger partial charge in [-0.25, -0.2) is 19.7 Å². The summed E-state index contributed by atoms with van der Waals surface area (Å²) in [5.41, 5.74) is 2.44. The zero-order chi connectivity index (χ0) is 20.1. The Balaban J connectivity index is 1.61. The number of imidazole rings is 1. The third kappa shape index (κ3) is 4.25. The number of carbonyl (C=O) groups excluding carboxylic acids is 2. The number of aryl methyl sites for hydroxylation is 1. The zero-order valence-corrected chi connectivity index (χ0v) is 16.0. The van der Waals surface area contributed by atoms with Gasteiger partial charge < -0.3 is 19.5 Å². The first kappa shape index (κ1) is 19.3. The van der Waals surface area contributed by atoms with Gasteiger partial charge in [-0.1, -0.05) is 0 Å². The van der Waals surface area contributed by atoms with Crippen molar-refractivity contribution in [1.29, 1.82) is 0 Å². The molecule has 0 atom stereocenters. The summed E-state index contributed by atoms with van der Waals surface area (Å²) >= 11 is 0. The Morgan fingerprint density at radius 1 is 1.14 bits per heavy atom. The van der Waals surface area contributed by atoms with E-state index in [0.717, 1.165) is 5.82 Å². The first-order chi connectivity index (χ1) is 13.5. The molecular formula is C19H22N6O3. The van der Waals surface area contributed by atoms with Gasteiger partial charge in [-0.3, -0.25) is 4.79 Å². The molecule has 0 saturated heterocycles. The van der Waals surface area contributed by atoms with Crippen molar-refractivity contribution in [3.63, 3.8) is 0 Å². The maximum Gasteiger partial charge on any atom is 0.338 e. The number of fused-ring (bicyclic) bond motifs is 1. The van der Waals surface area contributed by atoms with E-state index in [-0.39, 0.29) is 18.3 Å². The van der Waals surface area contributed by atoms with Crippen LogP contribution >= 0.6 is 0 Å². The summed E-state index contributed by atoms with van der Waals surface area (Å²) in [4.78, 5) is 38.7. The van der Waals surface area contributed by atoms with Crippen molar-refractivity contribution < 1.29 is 14.3 Å². The molecule has 0 bridgehead atoms. The number of esters is 1. The molecule has 1 amide bonds. The van der Waals surface area contributed by atoms with Crippen molar-refractivity contribution >= 4 is 34.5 Å². The molecule has 9 nitrogen and oxygen atoms in total. The second kappa shape index (κ2) is 8.47. The lowest BCUT2D eigenvalue weighted by atomic mass is 10.2. The van der Waals surface area contributed by atoms with Crippen molar-refractivity contribution in [2.24, 2.45) is 0 Å². The number of hydrogen-bond acceptors (Lipinski definition) is 7. The third-order valence-electron chi connectivity index (χ3n) is 4.07. The van der Waals surface area contributed by atoms with Gasteiger partial charge in [-0.05, 0) is 31.2 Å². The van der Waals surface area contributed by atoms with Gasteiger partial charge in [0.15, 0.2) is 17.0 Å². The van der Waals surface area contributed by atoms with E-state index < -0.39 is 0 Å². The van der Waals surface area contributed by atoms with Gasteiger partial charge in [0, 0.05) is 32.7 Å². The molecule has 2 aromatic heterocycles. The Morgan fingerprint density at radius 3 is 2.57 bits per heavy atom. The molecule has 0 unspecified atom stereocenters. The molecule has 0 aliphatic heterocycles. The fourth-order valence-corrected chi connectivity index (χ4v) is 2.71. The van der Waals surface area contributed by atoms with Crippen LogP contribution in [0.25, 0.3) is 11.2 Å². The highest BCUT2D eigenvalue weighted by Crippen LogP contribution is 2.19. The van der Waals surface area contributed by atoms with E-state index in [1.807, 2.05) is 23.6 Å². The molecular weight excluding hydrogens is 360 g/mol. The second-order valence-corrected chi connectivity index (χ2v) is 6.30. The van der Waals surface area contributed by atoms with Crippen LogP contribution in [0.2, 0.25) is 0 Å². The summed E-state index contributed by atoms with van der Waals surface area (Å²) in [7, 11) is 3.78. The summed E-state index contributed by atoms with van der Waals surface area (Å²) < 4.78 is 6.77. The average molecular weight is 382 g/mol. The lowest BCUT2D eigenvalue weighted by Gasteiger charge is -2.11. The molecule has 28 heavy (non-hydrogen) atoms. The summed E-state index contributed by atoms with van der Waals surface area (Å²) in [5, 5.41) is 2.81. The number of nitrogens with one attached hydrogen (secondary N) is 1. The number of benzene rings is 1. The Morgan fingerprint density at radius 2 is 1.89 bits per heavy atom. The number of rotatable bonds is 7. The molecule has 0 saturated carbocycles. The van der Waals surface area contributed by atoms with Crippen LogP contribution < -0.4 is 10.2 Å². The number of anilines is 2. The number of aromatic nitrogens is 4. The Bertz CT molecular complexity index is 981. The maximum absolute atomic E-state index is 12.3. The van der Waals surface area contributed by atoms with Crippen molar-refractivity contribution in [3.8, 4) is 0 Å². The highest BCUT2D eigenvalue weighted by Gasteiger charge is 2.12. The van der Waals surface area contributed by atoms with Crippen LogP contribution in [0.4, 0.5) is 11.5 Å². The second-order valence-electron chi connectivity index (χ2n) is 6.30. The van der Waals surface area contributed by atoms with Gasteiger partial charge in [-0.2, -0.15) is 0 Å². The zero-order valence-electron chi connectivity index (χ0n) is 16.0. The van der Waals surface area contributed by atoms with Crippen molar-refractivity contribution in [1.82, 2.24) is 19.5 Å². The first-order valence-electron chi connectivity index (χ1n) is 8.89. The van der Waals surface area contributed by atoms with Crippen LogP contribution in [0, 0.1) is 0 Å². The molecule has 9 heteroatoms. The number of nitrogens with zero attached hydrogens (tertiary/aromatic N) is 5. The van der Waals surface area contributed by atoms with E-state index in [2.05, 4.69) is 20.3 Å². The molecule has 1 aromatic carbocycles. The summed E-state index contributed by atoms with van der Waals surface area (Å²) in [6.45, 7) is 2.51. The monoisotopic (exact) mass is 382 g/mol. The van der Waals surface area contributed by atoms with Gasteiger partial charge in [-0.15, -0.1) is 0 Å². The van der Waals surface area contributed by atoms with E-state index in [9.17, 15) is 9.59 Å². The Labute approximate surface area is 162 Å². The van der Waals surface area contributed by atoms with Crippen LogP contribution in [0.5, 0.6) is 0 Å². The third-order valence-corrected chi connectivity index (χ3v) is 4.07. The van der Waals surface area contributed by atoms with Crippen LogP contribution in [-0.2, 0) is 16.1 Å². The van der Waals surface area contributed by atoms with E-state index in [0.29, 0.717) is 35.6 Å². The number of ether oxygens (including phenoxy) is 1. The lowest BCUT2D eigenvalue weighted by Crippen LogP contribution is -2.15. The number of amides is 1. The smallest absolute Gasteiger partial charge is 0.338 e. The van der Waals surface area contributed by atoms with Gasteiger partial charge in [0.25, 0.3) is 0 Å². The first-order valence-corrected chi connectivity index (χ1v) is 8.89. The van der Waals surface area contributed by atoms with E-state index in [1.54, 1.807) is 37.5 Å². The fraction of sp³-hybridized carbons (Fsp3) is 0.316. The standard InChI is InChI=1S/C19H22N6O3/c1-4-28-19(27)13-5-7-14(8-6-13)23-15(26)9-10-25-12-22-16-17(24(2)3)20-11-21-18(16)25/h5-8,11-12H,4,9-10H2,1-3H3,(H,23,26). The highest BCUT2D eigenvalue weighted by atomic mass is 16.5. The van der Waals surface area contributed by atoms with Crippen LogP contribution in [0.1, 0.15) is 23.7 Å². The van der Waals surface area contributed by atoms with E-state index in [4.69, 9.17) is 4.74 Å². The van der Waals surface area contributed by atoms with Crippen LogP contribution in [0.3, 0.4) is 0 Å². The van der Waals surface area contributed by atoms with Crippen molar-refractivity contribution in [3.05, 3.63) is 42.5 Å². The molecule has 0 radical (unpaired) electrons. The fourth-order valence-electron chi connectivity index (χ4n) is 2.71. The lowest BCUT2D eigenvalue weighted by molar-refractivity contribution is -0.116. The topological polar surface area (TPSA) is 102 Å². The molecule has 2 heterocycles. The minimum absolute atomic E-state index is 0.146. The quantitative estimate of drug-likeness (QED) is 0.624. The van der Waals surface area contributed by atoms with Crippen LogP contribution in [-0.4, -0.2) is 52.1 Å². The van der Waals surface area contributed by atoms with Gasteiger partial charge in [0.1, 0.15) is 6.33 Å². The summed E-state index contributed by atoms with van der Waals surface area (Å²) in [6.07, 6.45) is 3.40. The highest BCUT2D eigenvalue weighted by molar-refractivity contribution is 5.93. The molecule has 3 rings (SSSR count). The largest absolute Gasteiger partial charge is 0.462 e. The van der Waals surface area contributed by atoms with Gasteiger partial charge >= 0.3 is 5.97 Å². The number of carbonyl (C=O) groups is 2. The van der Waals surface area contributed by atoms with Crippen molar-refractivity contribution in [2.75, 3.05) is 30.9 Å². The average Bonchev–Trinajstić information content (AvgIpc) is 3.10. The minimum atomic E-state index is -0.383. The Kier molecular flexibility index (Phi) is 5.83. The summed E-state index contributed by atoms with van der Waals surface area (Å²) in [6, 6.07) is 6.59. The van der Waals surface area contributed by atoms with Gasteiger partial charge in [0.05, 0.1) is 18.5 Å². The molecule has 0 fully saturated rings. The van der Waals surface area contributed by atoms with Gasteiger partial charge in [0.2, 0.25) is 5.91 Å². The van der Waals surface area contributed by atoms with E-state index in [1.165, 1.54) is 6.33 Å². The predicted octanol–water partition coefficient (Wildman–Crippen LogP) is 2.10. The Hall–Kier alpha value is -3.49. The summed E-state index contributed by atoms with van der Waals surface area (Å²) in [5.74, 6) is 0.203. The minimum Gasteiger partial charge on any atom is -0.462 e. The van der Waals surface area contributed by atoms with Crippen molar-refractivity contribution in [2.45, 2.75) is 19.9 Å². The van der Waals surface area contributed by atoms with E-state index >= 15 is 0 Å². The maximum atomic E-state index is 12.3. The van der Waals surface area contributed by atoms with Crippen LogP contribution in [0.15, 0.2) is 36.9 Å². The molecule has 0 aliphatic carbocycles. The number of hydrogen-bond donors (Lipinski definition) is 1. The molecule has 3 aromatic rings. The SMILES string of the molecule is CCOC(=O)c1ccc(NC(=O)CCn2cnc3c(N(C)C)ncnc32)cc1. The molecule has 1 N–H and O–H groups in total. The molecule has 0 aliphatic rings. The predicted molar refractivity (Wildman–Crippen MR) is 105 cm³/mol. The molecule has 146 valence electrons. The normalized spacial score (nSPS) is 10.7.